The second-order valence-electron chi connectivity index (χ2n) is 6.75. The van der Waals surface area contributed by atoms with E-state index in [0.717, 1.165) is 17.5 Å². The van der Waals surface area contributed by atoms with E-state index in [9.17, 15) is 9.59 Å². The molecule has 0 saturated heterocycles. The zero-order chi connectivity index (χ0) is 16.6. The lowest BCUT2D eigenvalue weighted by Crippen LogP contribution is -2.44. The monoisotopic (exact) mass is 315 g/mol. The van der Waals surface area contributed by atoms with Gasteiger partial charge in [0.15, 0.2) is 0 Å². The Labute approximate surface area is 136 Å². The highest BCUT2D eigenvalue weighted by atomic mass is 16.2. The average Bonchev–Trinajstić information content (AvgIpc) is 2.80. The largest absolute Gasteiger partial charge is 0.341 e. The summed E-state index contributed by atoms with van der Waals surface area (Å²) < 4.78 is 3.19. The minimum absolute atomic E-state index is 0.0159. The third kappa shape index (κ3) is 2.80. The SMILES string of the molecule is CC1CCCCC1N(C)C(=O)Cn1c(=O)n(C)c2ccccc21. The van der Waals surface area contributed by atoms with Crippen LogP contribution in [0.15, 0.2) is 29.1 Å². The molecule has 1 aromatic heterocycles. The summed E-state index contributed by atoms with van der Waals surface area (Å²) in [6, 6.07) is 7.90. The van der Waals surface area contributed by atoms with Gasteiger partial charge in [-0.1, -0.05) is 31.9 Å². The van der Waals surface area contributed by atoms with Crippen LogP contribution >= 0.6 is 0 Å². The van der Waals surface area contributed by atoms with Crippen molar-refractivity contribution in [3.05, 3.63) is 34.7 Å². The van der Waals surface area contributed by atoms with E-state index in [2.05, 4.69) is 6.92 Å². The van der Waals surface area contributed by atoms with Crippen molar-refractivity contribution in [1.29, 1.82) is 0 Å². The van der Waals surface area contributed by atoms with Crippen LogP contribution in [0.5, 0.6) is 0 Å². The molecule has 1 aromatic carbocycles. The van der Waals surface area contributed by atoms with Crippen molar-refractivity contribution < 1.29 is 4.79 Å². The summed E-state index contributed by atoms with van der Waals surface area (Å²) in [6.07, 6.45) is 4.67. The zero-order valence-corrected chi connectivity index (χ0v) is 14.2. The molecule has 2 atom stereocenters. The van der Waals surface area contributed by atoms with Gasteiger partial charge in [-0.3, -0.25) is 13.9 Å². The number of likely N-dealkylation sites (N-methyl/N-ethyl adjacent to an activating group) is 1. The molecule has 23 heavy (non-hydrogen) atoms. The molecule has 3 rings (SSSR count). The van der Waals surface area contributed by atoms with Gasteiger partial charge in [-0.15, -0.1) is 0 Å². The Morgan fingerprint density at radius 3 is 2.57 bits per heavy atom. The van der Waals surface area contributed by atoms with E-state index in [-0.39, 0.29) is 18.1 Å². The van der Waals surface area contributed by atoms with Crippen molar-refractivity contribution >= 4 is 16.9 Å². The second-order valence-corrected chi connectivity index (χ2v) is 6.75. The fraction of sp³-hybridized carbons (Fsp3) is 0.556. The van der Waals surface area contributed by atoms with E-state index >= 15 is 0 Å². The number of rotatable bonds is 3. The van der Waals surface area contributed by atoms with Gasteiger partial charge in [-0.05, 0) is 30.9 Å². The highest BCUT2D eigenvalue weighted by Crippen LogP contribution is 2.27. The standard InChI is InChI=1S/C18H25N3O2/c1-13-8-4-5-9-14(13)19(2)17(22)12-21-16-11-7-6-10-15(16)20(3)18(21)23/h6-7,10-11,13-14H,4-5,8-9,12H2,1-3H3. The molecular formula is C18H25N3O2. The van der Waals surface area contributed by atoms with Crippen molar-refractivity contribution in [3.8, 4) is 0 Å². The normalized spacial score (nSPS) is 21.5. The van der Waals surface area contributed by atoms with E-state index in [4.69, 9.17) is 0 Å². The summed E-state index contributed by atoms with van der Waals surface area (Å²) in [4.78, 5) is 27.0. The number of imidazole rings is 1. The lowest BCUT2D eigenvalue weighted by molar-refractivity contribution is -0.134. The fourth-order valence-corrected chi connectivity index (χ4v) is 3.82. The van der Waals surface area contributed by atoms with Crippen LogP contribution < -0.4 is 5.69 Å². The minimum atomic E-state index is -0.135. The molecule has 0 spiro atoms. The number of aromatic nitrogens is 2. The number of hydrogen-bond donors (Lipinski definition) is 0. The molecule has 2 aromatic rings. The van der Waals surface area contributed by atoms with E-state index in [0.29, 0.717) is 12.0 Å². The predicted molar refractivity (Wildman–Crippen MR) is 91.4 cm³/mol. The smallest absolute Gasteiger partial charge is 0.329 e. The maximum Gasteiger partial charge on any atom is 0.329 e. The summed E-state index contributed by atoms with van der Waals surface area (Å²) in [5, 5.41) is 0. The number of hydrogen-bond acceptors (Lipinski definition) is 2. The van der Waals surface area contributed by atoms with Gasteiger partial charge >= 0.3 is 5.69 Å². The van der Waals surface area contributed by atoms with E-state index in [1.165, 1.54) is 19.3 Å². The predicted octanol–water partition coefficient (Wildman–Crippen LogP) is 2.38. The third-order valence-corrected chi connectivity index (χ3v) is 5.30. The Kier molecular flexibility index (Phi) is 4.28. The Hall–Kier alpha value is -2.04. The highest BCUT2D eigenvalue weighted by molar-refractivity contribution is 5.81. The summed E-state index contributed by atoms with van der Waals surface area (Å²) in [5.74, 6) is 0.546. The van der Waals surface area contributed by atoms with Gasteiger partial charge in [-0.2, -0.15) is 0 Å². The summed E-state index contributed by atoms with van der Waals surface area (Å²) in [5.41, 5.74) is 1.54. The number of amides is 1. The van der Waals surface area contributed by atoms with Crippen LogP contribution in [-0.4, -0.2) is 33.0 Å². The quantitative estimate of drug-likeness (QED) is 0.873. The van der Waals surface area contributed by atoms with Crippen LogP contribution in [0.25, 0.3) is 11.0 Å². The van der Waals surface area contributed by atoms with Gasteiger partial charge in [0.1, 0.15) is 6.54 Å². The average molecular weight is 315 g/mol. The van der Waals surface area contributed by atoms with Crippen molar-refractivity contribution in [1.82, 2.24) is 14.0 Å². The minimum Gasteiger partial charge on any atom is -0.341 e. The molecule has 1 heterocycles. The molecule has 1 fully saturated rings. The third-order valence-electron chi connectivity index (χ3n) is 5.30. The summed E-state index contributed by atoms with van der Waals surface area (Å²) in [7, 11) is 3.63. The molecular weight excluding hydrogens is 290 g/mol. The Balaban J connectivity index is 1.86. The number of carbonyl (C=O) groups is 1. The number of para-hydroxylation sites is 2. The van der Waals surface area contributed by atoms with Gasteiger partial charge in [0.25, 0.3) is 0 Å². The summed E-state index contributed by atoms with van der Waals surface area (Å²) >= 11 is 0. The second kappa shape index (κ2) is 6.22. The summed E-state index contributed by atoms with van der Waals surface area (Å²) in [6.45, 7) is 2.33. The number of aryl methyl sites for hydroxylation is 1. The first-order valence-corrected chi connectivity index (χ1v) is 8.40. The van der Waals surface area contributed by atoms with Gasteiger partial charge in [0.05, 0.1) is 11.0 Å². The van der Waals surface area contributed by atoms with E-state index in [1.54, 1.807) is 16.2 Å². The molecule has 2 unspecified atom stereocenters. The van der Waals surface area contributed by atoms with Crippen LogP contribution in [-0.2, 0) is 18.4 Å². The van der Waals surface area contributed by atoms with E-state index in [1.807, 2.05) is 36.2 Å². The fourth-order valence-electron chi connectivity index (χ4n) is 3.82. The first kappa shape index (κ1) is 15.8. The topological polar surface area (TPSA) is 47.2 Å². The lowest BCUT2D eigenvalue weighted by Gasteiger charge is -2.36. The number of carbonyl (C=O) groups excluding carboxylic acids is 1. The maximum atomic E-state index is 12.7. The molecule has 5 nitrogen and oxygen atoms in total. The van der Waals surface area contributed by atoms with Crippen LogP contribution in [0.3, 0.4) is 0 Å². The molecule has 124 valence electrons. The van der Waals surface area contributed by atoms with Crippen molar-refractivity contribution in [2.45, 2.75) is 45.2 Å². The first-order valence-electron chi connectivity index (χ1n) is 8.40. The van der Waals surface area contributed by atoms with Crippen LogP contribution in [0.2, 0.25) is 0 Å². The zero-order valence-electron chi connectivity index (χ0n) is 14.2. The van der Waals surface area contributed by atoms with Gasteiger partial charge in [0, 0.05) is 20.1 Å². The molecule has 0 radical (unpaired) electrons. The van der Waals surface area contributed by atoms with Crippen LogP contribution in [0.1, 0.15) is 32.6 Å². The van der Waals surface area contributed by atoms with Crippen LogP contribution in [0.4, 0.5) is 0 Å². The molecule has 5 heteroatoms. The number of fused-ring (bicyclic) bond motifs is 1. The van der Waals surface area contributed by atoms with Crippen molar-refractivity contribution in [2.75, 3.05) is 7.05 Å². The van der Waals surface area contributed by atoms with Crippen LogP contribution in [0, 0.1) is 5.92 Å². The highest BCUT2D eigenvalue weighted by Gasteiger charge is 2.28. The van der Waals surface area contributed by atoms with Gasteiger partial charge < -0.3 is 4.90 Å². The molecule has 1 amide bonds. The Morgan fingerprint density at radius 1 is 1.22 bits per heavy atom. The molecule has 1 saturated carbocycles. The molecule has 1 aliphatic carbocycles. The van der Waals surface area contributed by atoms with Crippen molar-refractivity contribution in [3.63, 3.8) is 0 Å². The maximum absolute atomic E-state index is 12.7. The molecule has 0 N–H and O–H groups in total. The molecule has 0 aliphatic heterocycles. The van der Waals surface area contributed by atoms with Gasteiger partial charge in [-0.25, -0.2) is 4.79 Å². The number of benzene rings is 1. The molecule has 0 bridgehead atoms. The van der Waals surface area contributed by atoms with E-state index < -0.39 is 0 Å². The molecule has 1 aliphatic rings. The Morgan fingerprint density at radius 2 is 1.87 bits per heavy atom. The van der Waals surface area contributed by atoms with Crippen molar-refractivity contribution in [2.24, 2.45) is 13.0 Å². The Bertz CT molecular complexity index is 774. The lowest BCUT2D eigenvalue weighted by atomic mass is 9.85. The van der Waals surface area contributed by atoms with Gasteiger partial charge in [0.2, 0.25) is 5.91 Å². The number of nitrogens with zero attached hydrogens (tertiary/aromatic N) is 3. The first-order chi connectivity index (χ1) is 11.0.